The lowest BCUT2D eigenvalue weighted by Crippen LogP contribution is -2.29. The second-order valence-corrected chi connectivity index (χ2v) is 4.67. The maximum absolute atomic E-state index is 5.60. The van der Waals surface area contributed by atoms with E-state index in [-0.39, 0.29) is 6.04 Å². The fraction of sp³-hybridized carbons (Fsp3) is 0.400. The van der Waals surface area contributed by atoms with Crippen LogP contribution in [-0.4, -0.2) is 14.8 Å². The molecule has 1 unspecified atom stereocenters. The topological polar surface area (TPSA) is 68.8 Å². The summed E-state index contributed by atoms with van der Waals surface area (Å²) < 4.78 is 1.85. The summed E-state index contributed by atoms with van der Waals surface area (Å²) in [6.45, 7) is 2.04. The van der Waals surface area contributed by atoms with Crippen LogP contribution >= 0.6 is 11.3 Å². The molecule has 3 N–H and O–H groups in total. The van der Waals surface area contributed by atoms with Crippen molar-refractivity contribution in [3.63, 3.8) is 0 Å². The van der Waals surface area contributed by atoms with Crippen molar-refractivity contribution in [2.24, 2.45) is 12.9 Å². The lowest BCUT2D eigenvalue weighted by Gasteiger charge is -2.14. The van der Waals surface area contributed by atoms with Gasteiger partial charge in [0, 0.05) is 35.8 Å². The molecule has 0 radical (unpaired) electrons. The van der Waals surface area contributed by atoms with Gasteiger partial charge in [-0.3, -0.25) is 20.9 Å². The molecule has 2 rings (SSSR count). The first-order valence-corrected chi connectivity index (χ1v) is 5.92. The summed E-state index contributed by atoms with van der Waals surface area (Å²) in [7, 11) is 1.93. The average molecular weight is 237 g/mol. The maximum atomic E-state index is 5.60. The van der Waals surface area contributed by atoms with E-state index < -0.39 is 0 Å². The monoisotopic (exact) mass is 237 g/mol. The van der Waals surface area contributed by atoms with Crippen molar-refractivity contribution >= 4 is 11.3 Å². The van der Waals surface area contributed by atoms with Gasteiger partial charge < -0.3 is 0 Å². The van der Waals surface area contributed by atoms with Crippen LogP contribution in [0, 0.1) is 6.92 Å². The van der Waals surface area contributed by atoms with Gasteiger partial charge in [-0.2, -0.15) is 5.10 Å². The van der Waals surface area contributed by atoms with E-state index in [4.69, 9.17) is 5.84 Å². The molecule has 86 valence electrons. The largest absolute Gasteiger partial charge is 0.273 e. The second-order valence-electron chi connectivity index (χ2n) is 3.70. The minimum atomic E-state index is 0.0918. The highest BCUT2D eigenvalue weighted by Crippen LogP contribution is 2.21. The number of rotatable bonds is 4. The van der Waals surface area contributed by atoms with Gasteiger partial charge in [0.25, 0.3) is 0 Å². The van der Waals surface area contributed by atoms with Crippen LogP contribution in [0.3, 0.4) is 0 Å². The number of aryl methyl sites for hydroxylation is 1. The predicted octanol–water partition coefficient (Wildman–Crippen LogP) is 0.932. The molecule has 1 atom stereocenters. The quantitative estimate of drug-likeness (QED) is 0.613. The van der Waals surface area contributed by atoms with Crippen LogP contribution in [0.15, 0.2) is 17.9 Å². The molecule has 2 heterocycles. The standard InChI is InChI=1S/C10H15N5S/c1-7-9(5-13-15(7)2)10(14-11)3-8-4-12-6-16-8/h4-6,10,14H,3,11H2,1-2H3. The number of hydrogen-bond donors (Lipinski definition) is 2. The maximum Gasteiger partial charge on any atom is 0.0794 e. The number of thiazole rings is 1. The average Bonchev–Trinajstić information content (AvgIpc) is 2.88. The van der Waals surface area contributed by atoms with E-state index in [9.17, 15) is 0 Å². The van der Waals surface area contributed by atoms with Gasteiger partial charge in [-0.15, -0.1) is 11.3 Å². The van der Waals surface area contributed by atoms with E-state index in [0.29, 0.717) is 0 Å². The molecule has 0 amide bonds. The molecule has 0 aliphatic carbocycles. The van der Waals surface area contributed by atoms with Crippen LogP contribution in [-0.2, 0) is 13.5 Å². The molecule has 0 bridgehead atoms. The van der Waals surface area contributed by atoms with Gasteiger partial charge in [0.1, 0.15) is 0 Å². The van der Waals surface area contributed by atoms with E-state index >= 15 is 0 Å². The first-order chi connectivity index (χ1) is 7.72. The van der Waals surface area contributed by atoms with E-state index in [1.165, 1.54) is 4.88 Å². The summed E-state index contributed by atoms with van der Waals surface area (Å²) in [4.78, 5) is 5.27. The van der Waals surface area contributed by atoms with Crippen molar-refractivity contribution in [1.82, 2.24) is 20.2 Å². The van der Waals surface area contributed by atoms with Crippen molar-refractivity contribution in [2.45, 2.75) is 19.4 Å². The van der Waals surface area contributed by atoms with Crippen LogP contribution in [0.25, 0.3) is 0 Å². The van der Waals surface area contributed by atoms with Crippen molar-refractivity contribution in [3.8, 4) is 0 Å². The van der Waals surface area contributed by atoms with Gasteiger partial charge in [0.05, 0.1) is 17.7 Å². The molecule has 0 aliphatic rings. The van der Waals surface area contributed by atoms with Crippen molar-refractivity contribution in [1.29, 1.82) is 0 Å². The molecular formula is C10H15N5S. The molecule has 5 nitrogen and oxygen atoms in total. The number of nitrogens with one attached hydrogen (secondary N) is 1. The third-order valence-electron chi connectivity index (χ3n) is 2.74. The Balaban J connectivity index is 2.20. The summed E-state index contributed by atoms with van der Waals surface area (Å²) in [5.74, 6) is 5.60. The summed E-state index contributed by atoms with van der Waals surface area (Å²) in [6, 6.07) is 0.0918. The predicted molar refractivity (Wildman–Crippen MR) is 63.8 cm³/mol. The molecule has 2 aromatic rings. The highest BCUT2D eigenvalue weighted by Gasteiger charge is 2.16. The van der Waals surface area contributed by atoms with Gasteiger partial charge in [0.15, 0.2) is 0 Å². The summed E-state index contributed by atoms with van der Waals surface area (Å²) in [6.07, 6.45) is 4.58. The van der Waals surface area contributed by atoms with Gasteiger partial charge in [0.2, 0.25) is 0 Å². The zero-order chi connectivity index (χ0) is 11.5. The summed E-state index contributed by atoms with van der Waals surface area (Å²) >= 11 is 1.64. The molecule has 0 fully saturated rings. The Morgan fingerprint density at radius 2 is 2.38 bits per heavy atom. The molecule has 0 spiro atoms. The van der Waals surface area contributed by atoms with Crippen LogP contribution < -0.4 is 11.3 Å². The first-order valence-electron chi connectivity index (χ1n) is 5.04. The van der Waals surface area contributed by atoms with Crippen LogP contribution in [0.1, 0.15) is 22.2 Å². The van der Waals surface area contributed by atoms with Crippen molar-refractivity contribution in [3.05, 3.63) is 34.0 Å². The Hall–Kier alpha value is -1.24. The molecule has 16 heavy (non-hydrogen) atoms. The summed E-state index contributed by atoms with van der Waals surface area (Å²) in [5.41, 5.74) is 6.94. The fourth-order valence-corrected chi connectivity index (χ4v) is 2.30. The van der Waals surface area contributed by atoms with Crippen LogP contribution in [0.5, 0.6) is 0 Å². The number of aromatic nitrogens is 3. The molecule has 2 aromatic heterocycles. The van der Waals surface area contributed by atoms with Crippen molar-refractivity contribution < 1.29 is 0 Å². The highest BCUT2D eigenvalue weighted by molar-refractivity contribution is 7.09. The molecule has 6 heteroatoms. The molecule has 0 saturated heterocycles. The number of nitrogens with two attached hydrogens (primary N) is 1. The van der Waals surface area contributed by atoms with E-state index in [2.05, 4.69) is 15.5 Å². The van der Waals surface area contributed by atoms with Crippen LogP contribution in [0.2, 0.25) is 0 Å². The third kappa shape index (κ3) is 2.13. The van der Waals surface area contributed by atoms with E-state index in [1.54, 1.807) is 11.3 Å². The lowest BCUT2D eigenvalue weighted by atomic mass is 10.1. The Bertz CT molecular complexity index is 448. The number of hydrogen-bond acceptors (Lipinski definition) is 5. The first kappa shape index (κ1) is 11.3. The van der Waals surface area contributed by atoms with Crippen LogP contribution in [0.4, 0.5) is 0 Å². The smallest absolute Gasteiger partial charge is 0.0794 e. The van der Waals surface area contributed by atoms with Gasteiger partial charge in [-0.25, -0.2) is 0 Å². The molecule has 0 saturated carbocycles. The lowest BCUT2D eigenvalue weighted by molar-refractivity contribution is 0.551. The number of nitrogens with zero attached hydrogens (tertiary/aromatic N) is 3. The van der Waals surface area contributed by atoms with Crippen molar-refractivity contribution in [2.75, 3.05) is 0 Å². The SMILES string of the molecule is Cc1c(C(Cc2cncs2)NN)cnn1C. The Kier molecular flexibility index (Phi) is 3.33. The zero-order valence-electron chi connectivity index (χ0n) is 9.34. The van der Waals surface area contributed by atoms with Gasteiger partial charge in [-0.1, -0.05) is 0 Å². The molecular weight excluding hydrogens is 222 g/mol. The normalized spacial score (nSPS) is 12.9. The third-order valence-corrected chi connectivity index (χ3v) is 3.54. The Morgan fingerprint density at radius 1 is 1.56 bits per heavy atom. The van der Waals surface area contributed by atoms with E-state index in [1.807, 2.05) is 36.6 Å². The molecule has 0 aromatic carbocycles. The minimum absolute atomic E-state index is 0.0918. The van der Waals surface area contributed by atoms with Gasteiger partial charge >= 0.3 is 0 Å². The number of hydrazine groups is 1. The molecule has 0 aliphatic heterocycles. The zero-order valence-corrected chi connectivity index (χ0v) is 10.2. The fourth-order valence-electron chi connectivity index (χ4n) is 1.66. The van der Waals surface area contributed by atoms with E-state index in [0.717, 1.165) is 17.7 Å². The Labute approximate surface area is 98.3 Å². The second kappa shape index (κ2) is 4.73. The summed E-state index contributed by atoms with van der Waals surface area (Å²) in [5, 5.41) is 4.22. The minimum Gasteiger partial charge on any atom is -0.273 e. The highest BCUT2D eigenvalue weighted by atomic mass is 32.1. The Morgan fingerprint density at radius 3 is 2.88 bits per heavy atom. The van der Waals surface area contributed by atoms with Gasteiger partial charge in [-0.05, 0) is 6.92 Å².